The monoisotopic (exact) mass is 249 g/mol. The van der Waals surface area contributed by atoms with Crippen LogP contribution in [0.25, 0.3) is 0 Å². The van der Waals surface area contributed by atoms with E-state index in [1.807, 2.05) is 0 Å². The fourth-order valence-corrected chi connectivity index (χ4v) is 1.81. The number of benzene rings is 1. The van der Waals surface area contributed by atoms with Crippen LogP contribution in [0.5, 0.6) is 0 Å². The summed E-state index contributed by atoms with van der Waals surface area (Å²) < 4.78 is 10.00. The standard InChI is InChI=1S/C13H15NO4/c1-2-18-13(16)10-4-3-5-11(8-10)14-6-7-17-9-12(14)15/h3-5,8H,2,6-7,9H2,1H3. The molecule has 0 aliphatic carbocycles. The van der Waals surface area contributed by atoms with Gasteiger partial charge in [-0.1, -0.05) is 6.07 Å². The largest absolute Gasteiger partial charge is 0.462 e. The molecule has 5 heteroatoms. The van der Waals surface area contributed by atoms with Crippen LogP contribution in [-0.2, 0) is 14.3 Å². The highest BCUT2D eigenvalue weighted by atomic mass is 16.5. The predicted molar refractivity (Wildman–Crippen MR) is 65.6 cm³/mol. The molecule has 0 bridgehead atoms. The number of hydrogen-bond donors (Lipinski definition) is 0. The molecular weight excluding hydrogens is 234 g/mol. The lowest BCUT2D eigenvalue weighted by atomic mass is 10.2. The summed E-state index contributed by atoms with van der Waals surface area (Å²) in [6, 6.07) is 6.88. The molecule has 0 aromatic heterocycles. The first-order valence-electron chi connectivity index (χ1n) is 5.87. The Kier molecular flexibility index (Phi) is 3.94. The zero-order chi connectivity index (χ0) is 13.0. The number of nitrogens with zero attached hydrogens (tertiary/aromatic N) is 1. The van der Waals surface area contributed by atoms with Crippen LogP contribution in [0.4, 0.5) is 5.69 Å². The van der Waals surface area contributed by atoms with Crippen molar-refractivity contribution in [1.29, 1.82) is 0 Å². The van der Waals surface area contributed by atoms with Gasteiger partial charge < -0.3 is 14.4 Å². The summed E-state index contributed by atoms with van der Waals surface area (Å²) in [4.78, 5) is 24.9. The Bertz CT molecular complexity index is 458. The second-order valence-electron chi connectivity index (χ2n) is 3.87. The van der Waals surface area contributed by atoms with Gasteiger partial charge in [-0.05, 0) is 25.1 Å². The van der Waals surface area contributed by atoms with Crippen molar-refractivity contribution in [2.75, 3.05) is 31.3 Å². The van der Waals surface area contributed by atoms with Crippen molar-refractivity contribution >= 4 is 17.6 Å². The van der Waals surface area contributed by atoms with Crippen molar-refractivity contribution in [3.05, 3.63) is 29.8 Å². The van der Waals surface area contributed by atoms with Crippen LogP contribution in [0.3, 0.4) is 0 Å². The quantitative estimate of drug-likeness (QED) is 0.756. The summed E-state index contributed by atoms with van der Waals surface area (Å²) in [5.74, 6) is -0.470. The zero-order valence-electron chi connectivity index (χ0n) is 10.2. The van der Waals surface area contributed by atoms with E-state index >= 15 is 0 Å². The second-order valence-corrected chi connectivity index (χ2v) is 3.87. The number of carbonyl (C=O) groups excluding carboxylic acids is 2. The third-order valence-corrected chi connectivity index (χ3v) is 2.65. The maximum absolute atomic E-state index is 11.7. The summed E-state index contributed by atoms with van der Waals surface area (Å²) in [5.41, 5.74) is 1.16. The van der Waals surface area contributed by atoms with Gasteiger partial charge in [0.05, 0.1) is 18.8 Å². The smallest absolute Gasteiger partial charge is 0.338 e. The van der Waals surface area contributed by atoms with Gasteiger partial charge in [-0.25, -0.2) is 4.79 Å². The topological polar surface area (TPSA) is 55.8 Å². The number of anilines is 1. The van der Waals surface area contributed by atoms with Gasteiger partial charge in [0.25, 0.3) is 5.91 Å². The maximum Gasteiger partial charge on any atom is 0.338 e. The number of carbonyl (C=O) groups is 2. The van der Waals surface area contributed by atoms with Crippen LogP contribution in [0.15, 0.2) is 24.3 Å². The number of morpholine rings is 1. The summed E-state index contributed by atoms with van der Waals surface area (Å²) in [6.45, 7) is 3.19. The van der Waals surface area contributed by atoms with E-state index in [2.05, 4.69) is 0 Å². The number of esters is 1. The van der Waals surface area contributed by atoms with Crippen LogP contribution in [0.1, 0.15) is 17.3 Å². The van der Waals surface area contributed by atoms with Crippen LogP contribution in [0, 0.1) is 0 Å². The van der Waals surface area contributed by atoms with Crippen LogP contribution in [-0.4, -0.2) is 38.2 Å². The number of hydrogen-bond acceptors (Lipinski definition) is 4. The molecule has 0 N–H and O–H groups in total. The van der Waals surface area contributed by atoms with Gasteiger partial charge in [-0.2, -0.15) is 0 Å². The molecule has 0 atom stereocenters. The maximum atomic E-state index is 11.7. The fourth-order valence-electron chi connectivity index (χ4n) is 1.81. The Hall–Kier alpha value is -1.88. The molecule has 1 amide bonds. The van der Waals surface area contributed by atoms with E-state index in [1.165, 1.54) is 0 Å². The van der Waals surface area contributed by atoms with Gasteiger partial charge in [0.15, 0.2) is 0 Å². The molecule has 1 aromatic carbocycles. The summed E-state index contributed by atoms with van der Waals surface area (Å²) in [6.07, 6.45) is 0. The van der Waals surface area contributed by atoms with Gasteiger partial charge in [-0.3, -0.25) is 4.79 Å². The zero-order valence-corrected chi connectivity index (χ0v) is 10.2. The molecule has 96 valence electrons. The average Bonchev–Trinajstić information content (AvgIpc) is 2.40. The van der Waals surface area contributed by atoms with Gasteiger partial charge in [0.1, 0.15) is 6.61 Å². The Balaban J connectivity index is 2.21. The van der Waals surface area contributed by atoms with Crippen molar-refractivity contribution in [1.82, 2.24) is 0 Å². The van der Waals surface area contributed by atoms with Crippen molar-refractivity contribution < 1.29 is 19.1 Å². The second kappa shape index (κ2) is 5.64. The molecule has 0 unspecified atom stereocenters. The van der Waals surface area contributed by atoms with Crippen LogP contribution >= 0.6 is 0 Å². The Morgan fingerprint density at radius 2 is 2.33 bits per heavy atom. The average molecular weight is 249 g/mol. The van der Waals surface area contributed by atoms with Gasteiger partial charge >= 0.3 is 5.97 Å². The number of ether oxygens (including phenoxy) is 2. The first-order valence-corrected chi connectivity index (χ1v) is 5.87. The third-order valence-electron chi connectivity index (χ3n) is 2.65. The summed E-state index contributed by atoms with van der Waals surface area (Å²) >= 11 is 0. The van der Waals surface area contributed by atoms with E-state index in [4.69, 9.17) is 9.47 Å². The summed E-state index contributed by atoms with van der Waals surface area (Å²) in [7, 11) is 0. The third kappa shape index (κ3) is 2.68. The van der Waals surface area contributed by atoms with Crippen molar-refractivity contribution in [3.8, 4) is 0 Å². The van der Waals surface area contributed by atoms with Crippen molar-refractivity contribution in [2.45, 2.75) is 6.92 Å². The molecule has 1 heterocycles. The van der Waals surface area contributed by atoms with Gasteiger partial charge in [-0.15, -0.1) is 0 Å². The van der Waals surface area contributed by atoms with E-state index in [0.717, 1.165) is 0 Å². The molecule has 1 aliphatic rings. The SMILES string of the molecule is CCOC(=O)c1cccc(N2CCOCC2=O)c1. The molecular formula is C13H15NO4. The fraction of sp³-hybridized carbons (Fsp3) is 0.385. The van der Waals surface area contributed by atoms with E-state index < -0.39 is 0 Å². The number of amides is 1. The van der Waals surface area contributed by atoms with Crippen molar-refractivity contribution in [3.63, 3.8) is 0 Å². The highest BCUT2D eigenvalue weighted by Crippen LogP contribution is 2.18. The van der Waals surface area contributed by atoms with E-state index in [-0.39, 0.29) is 18.5 Å². The van der Waals surface area contributed by atoms with Gasteiger partial charge in [0, 0.05) is 12.2 Å². The highest BCUT2D eigenvalue weighted by molar-refractivity contribution is 5.97. The highest BCUT2D eigenvalue weighted by Gasteiger charge is 2.21. The molecule has 1 fully saturated rings. The van der Waals surface area contributed by atoms with E-state index in [9.17, 15) is 9.59 Å². The molecule has 0 radical (unpaired) electrons. The van der Waals surface area contributed by atoms with Crippen LogP contribution in [0.2, 0.25) is 0 Å². The first-order chi connectivity index (χ1) is 8.72. The Morgan fingerprint density at radius 1 is 1.50 bits per heavy atom. The molecule has 1 aromatic rings. The normalized spacial score (nSPS) is 15.6. The lowest BCUT2D eigenvalue weighted by molar-refractivity contribution is -0.125. The molecule has 18 heavy (non-hydrogen) atoms. The molecule has 1 aliphatic heterocycles. The Morgan fingerprint density at radius 3 is 3.06 bits per heavy atom. The molecule has 1 saturated heterocycles. The minimum absolute atomic E-state index is 0.0869. The van der Waals surface area contributed by atoms with Crippen LogP contribution < -0.4 is 4.90 Å². The molecule has 0 saturated carbocycles. The lowest BCUT2D eigenvalue weighted by Crippen LogP contribution is -2.41. The molecule has 0 spiro atoms. The minimum atomic E-state index is -0.375. The molecule has 5 nitrogen and oxygen atoms in total. The van der Waals surface area contributed by atoms with Gasteiger partial charge in [0.2, 0.25) is 0 Å². The first kappa shape index (κ1) is 12.6. The lowest BCUT2D eigenvalue weighted by Gasteiger charge is -2.27. The van der Waals surface area contributed by atoms with E-state index in [0.29, 0.717) is 31.0 Å². The van der Waals surface area contributed by atoms with E-state index in [1.54, 1.807) is 36.1 Å². The summed E-state index contributed by atoms with van der Waals surface area (Å²) in [5, 5.41) is 0. The van der Waals surface area contributed by atoms with Crippen molar-refractivity contribution in [2.24, 2.45) is 0 Å². The Labute approximate surface area is 105 Å². The molecule has 2 rings (SSSR count). The number of rotatable bonds is 3. The predicted octanol–water partition coefficient (Wildman–Crippen LogP) is 1.23. The minimum Gasteiger partial charge on any atom is -0.462 e.